The van der Waals surface area contributed by atoms with Crippen LogP contribution in [0.25, 0.3) is 0 Å². The van der Waals surface area contributed by atoms with E-state index in [1.807, 2.05) is 22.7 Å². The SMILES string of the molecule is O=C(Cn1c2c(sc1=O)[C@@H](c1ccco1)[C@@H]1[C@H]3CC[C@@H](C3)[C@H]1S2)N1CCOCC1. The number of nitrogens with zero attached hydrogens (tertiary/aromatic N) is 2. The Morgan fingerprint density at radius 2 is 2.03 bits per heavy atom. The van der Waals surface area contributed by atoms with Crippen molar-refractivity contribution in [3.63, 3.8) is 0 Å². The summed E-state index contributed by atoms with van der Waals surface area (Å²) in [6.45, 7) is 2.50. The van der Waals surface area contributed by atoms with Crippen molar-refractivity contribution in [2.45, 2.75) is 42.0 Å². The molecule has 0 N–H and O–H groups in total. The number of morpholine rings is 1. The molecule has 0 spiro atoms. The summed E-state index contributed by atoms with van der Waals surface area (Å²) in [5, 5.41) is 1.53. The van der Waals surface area contributed by atoms with Gasteiger partial charge in [0.2, 0.25) is 5.91 Å². The first-order valence-electron chi connectivity index (χ1n) is 10.5. The maximum atomic E-state index is 13.0. The molecule has 2 aliphatic carbocycles. The number of thioether (sulfide) groups is 1. The van der Waals surface area contributed by atoms with E-state index in [1.54, 1.807) is 10.8 Å². The predicted molar refractivity (Wildman–Crippen MR) is 110 cm³/mol. The first-order chi connectivity index (χ1) is 14.2. The van der Waals surface area contributed by atoms with Gasteiger partial charge in [-0.05, 0) is 49.1 Å². The number of furan rings is 1. The Morgan fingerprint density at radius 3 is 2.83 bits per heavy atom. The molecule has 4 heterocycles. The molecule has 0 aromatic carbocycles. The Kier molecular flexibility index (Phi) is 4.43. The monoisotopic (exact) mass is 432 g/mol. The lowest BCUT2D eigenvalue weighted by Crippen LogP contribution is -2.43. The number of ether oxygens (including phenoxy) is 1. The molecular weight excluding hydrogens is 408 g/mol. The van der Waals surface area contributed by atoms with Crippen LogP contribution in [0.4, 0.5) is 0 Å². The Bertz CT molecular complexity index is 975. The molecule has 2 saturated carbocycles. The van der Waals surface area contributed by atoms with Gasteiger partial charge in [-0.15, -0.1) is 11.8 Å². The van der Waals surface area contributed by atoms with Crippen molar-refractivity contribution in [1.82, 2.24) is 9.47 Å². The molecule has 0 unspecified atom stereocenters. The molecule has 1 amide bonds. The summed E-state index contributed by atoms with van der Waals surface area (Å²) in [4.78, 5) is 28.7. The highest BCUT2D eigenvalue weighted by molar-refractivity contribution is 8.00. The Balaban J connectivity index is 1.39. The van der Waals surface area contributed by atoms with Crippen LogP contribution in [-0.4, -0.2) is 46.9 Å². The van der Waals surface area contributed by atoms with Crippen molar-refractivity contribution in [2.24, 2.45) is 17.8 Å². The molecule has 1 saturated heterocycles. The van der Waals surface area contributed by atoms with Crippen molar-refractivity contribution in [2.75, 3.05) is 26.3 Å². The van der Waals surface area contributed by atoms with Crippen LogP contribution >= 0.6 is 23.1 Å². The summed E-state index contributed by atoms with van der Waals surface area (Å²) < 4.78 is 13.0. The molecule has 4 aliphatic rings. The Morgan fingerprint density at radius 1 is 1.21 bits per heavy atom. The minimum Gasteiger partial charge on any atom is -0.469 e. The first kappa shape index (κ1) is 18.3. The molecule has 6 nitrogen and oxygen atoms in total. The molecule has 0 radical (unpaired) electrons. The molecule has 5 atom stereocenters. The van der Waals surface area contributed by atoms with Crippen LogP contribution in [0.3, 0.4) is 0 Å². The first-order valence-corrected chi connectivity index (χ1v) is 12.2. The van der Waals surface area contributed by atoms with Crippen LogP contribution in [0, 0.1) is 17.8 Å². The summed E-state index contributed by atoms with van der Waals surface area (Å²) in [6.07, 6.45) is 5.62. The third-order valence-corrected chi connectivity index (χ3v) is 10.0. The zero-order valence-corrected chi connectivity index (χ0v) is 17.8. The van der Waals surface area contributed by atoms with E-state index in [2.05, 4.69) is 6.07 Å². The lowest BCUT2D eigenvalue weighted by atomic mass is 9.77. The van der Waals surface area contributed by atoms with Crippen LogP contribution < -0.4 is 4.87 Å². The van der Waals surface area contributed by atoms with Crippen LogP contribution in [0.1, 0.15) is 35.8 Å². The van der Waals surface area contributed by atoms with Gasteiger partial charge >= 0.3 is 4.87 Å². The average Bonchev–Trinajstić information content (AvgIpc) is 3.53. The fourth-order valence-electron chi connectivity index (χ4n) is 5.92. The van der Waals surface area contributed by atoms with Gasteiger partial charge in [0.1, 0.15) is 12.3 Å². The smallest absolute Gasteiger partial charge is 0.308 e. The number of hydrogen-bond donors (Lipinski definition) is 0. The van der Waals surface area contributed by atoms with Crippen molar-refractivity contribution in [3.8, 4) is 0 Å². The highest BCUT2D eigenvalue weighted by atomic mass is 32.2. The number of aromatic nitrogens is 1. The van der Waals surface area contributed by atoms with E-state index in [9.17, 15) is 9.59 Å². The molecule has 2 aromatic heterocycles. The van der Waals surface area contributed by atoms with E-state index in [0.29, 0.717) is 37.5 Å². The van der Waals surface area contributed by atoms with Gasteiger partial charge < -0.3 is 14.1 Å². The average molecular weight is 433 g/mol. The molecule has 154 valence electrons. The molecule has 2 aliphatic heterocycles. The third kappa shape index (κ3) is 2.86. The van der Waals surface area contributed by atoms with Gasteiger partial charge in [-0.2, -0.15) is 0 Å². The predicted octanol–water partition coefficient (Wildman–Crippen LogP) is 3.01. The molecule has 2 bridgehead atoms. The maximum absolute atomic E-state index is 13.0. The lowest BCUT2D eigenvalue weighted by molar-refractivity contribution is -0.136. The number of thiazole rings is 1. The van der Waals surface area contributed by atoms with Gasteiger partial charge in [-0.1, -0.05) is 11.3 Å². The van der Waals surface area contributed by atoms with Crippen molar-refractivity contribution < 1.29 is 13.9 Å². The van der Waals surface area contributed by atoms with Crippen molar-refractivity contribution in [3.05, 3.63) is 38.7 Å². The molecule has 29 heavy (non-hydrogen) atoms. The number of carbonyl (C=O) groups excluding carboxylic acids is 1. The summed E-state index contributed by atoms with van der Waals surface area (Å²) in [5.74, 6) is 3.13. The number of rotatable bonds is 3. The second-order valence-electron chi connectivity index (χ2n) is 8.60. The highest BCUT2D eigenvalue weighted by Crippen LogP contribution is 2.64. The normalized spacial score (nSPS) is 33.0. The number of hydrogen-bond acceptors (Lipinski definition) is 6. The van der Waals surface area contributed by atoms with Gasteiger partial charge in [-0.25, -0.2) is 0 Å². The standard InChI is InChI=1S/C21H24N2O4S2/c24-15(22-5-8-26-9-6-22)11-23-20-19(29-21(23)25)17(14-2-1-7-27-14)16-12-3-4-13(10-12)18(16)28-20/h1-2,7,12-13,16-18H,3-6,8-11H2/t12-,13-,16-,17-,18+/m0/s1. The molecule has 6 rings (SSSR count). The van der Waals surface area contributed by atoms with E-state index in [1.165, 1.54) is 30.6 Å². The zero-order chi connectivity index (χ0) is 19.5. The summed E-state index contributed by atoms with van der Waals surface area (Å²) >= 11 is 3.18. The summed E-state index contributed by atoms with van der Waals surface area (Å²) in [5.41, 5.74) is 0. The minimum atomic E-state index is -0.0204. The van der Waals surface area contributed by atoms with E-state index in [4.69, 9.17) is 9.15 Å². The van der Waals surface area contributed by atoms with E-state index in [0.717, 1.165) is 27.5 Å². The van der Waals surface area contributed by atoms with Crippen molar-refractivity contribution in [1.29, 1.82) is 0 Å². The summed E-state index contributed by atoms with van der Waals surface area (Å²) in [7, 11) is 0. The molecule has 8 heteroatoms. The van der Waals surface area contributed by atoms with E-state index >= 15 is 0 Å². The molecular formula is C21H24N2O4S2. The van der Waals surface area contributed by atoms with Crippen molar-refractivity contribution >= 4 is 29.0 Å². The topological polar surface area (TPSA) is 64.7 Å². The fourth-order valence-corrected chi connectivity index (χ4v) is 9.05. The van der Waals surface area contributed by atoms with Crippen LogP contribution in [0.5, 0.6) is 0 Å². The van der Waals surface area contributed by atoms with Gasteiger partial charge in [0.25, 0.3) is 0 Å². The Hall–Kier alpha value is -1.51. The van der Waals surface area contributed by atoms with E-state index in [-0.39, 0.29) is 23.2 Å². The van der Waals surface area contributed by atoms with Crippen LogP contribution in [-0.2, 0) is 16.1 Å². The van der Waals surface area contributed by atoms with Gasteiger partial charge in [0.05, 0.1) is 35.3 Å². The molecule has 3 fully saturated rings. The third-order valence-electron chi connectivity index (χ3n) is 7.20. The number of carbonyl (C=O) groups is 1. The zero-order valence-electron chi connectivity index (χ0n) is 16.1. The van der Waals surface area contributed by atoms with Crippen LogP contribution in [0.2, 0.25) is 0 Å². The quantitative estimate of drug-likeness (QED) is 0.746. The van der Waals surface area contributed by atoms with Gasteiger partial charge in [0, 0.05) is 18.3 Å². The second-order valence-corrected chi connectivity index (χ2v) is 10.8. The Labute approximate surface area is 177 Å². The van der Waals surface area contributed by atoms with Crippen LogP contribution in [0.15, 0.2) is 32.6 Å². The fraction of sp³-hybridized carbons (Fsp3) is 0.619. The summed E-state index contributed by atoms with van der Waals surface area (Å²) in [6, 6.07) is 4.00. The largest absolute Gasteiger partial charge is 0.469 e. The number of fused-ring (bicyclic) bond motifs is 6. The van der Waals surface area contributed by atoms with Gasteiger partial charge in [0.15, 0.2) is 0 Å². The van der Waals surface area contributed by atoms with E-state index < -0.39 is 0 Å². The maximum Gasteiger partial charge on any atom is 0.308 e. The molecule has 2 aromatic rings. The lowest BCUT2D eigenvalue weighted by Gasteiger charge is -2.39. The van der Waals surface area contributed by atoms with Gasteiger partial charge in [-0.3, -0.25) is 14.2 Å². The highest BCUT2D eigenvalue weighted by Gasteiger charge is 2.56. The second kappa shape index (κ2) is 7.03. The number of amides is 1. The minimum absolute atomic E-state index is 0.0150.